The summed E-state index contributed by atoms with van der Waals surface area (Å²) in [7, 11) is -3.29. The van der Waals surface area contributed by atoms with Crippen molar-refractivity contribution in [2.45, 2.75) is 25.1 Å². The minimum Gasteiger partial charge on any atom is -0.299 e. The SMILES string of the molecule is O=S(=O)(Cc1ccccc1)NC[C@@H]1CCCN(Cc2cccnc2)C1. The molecule has 3 rings (SSSR count). The second-order valence-electron chi connectivity index (χ2n) is 6.70. The van der Waals surface area contributed by atoms with Crippen LogP contribution in [0.5, 0.6) is 0 Å². The van der Waals surface area contributed by atoms with Crippen molar-refractivity contribution in [2.24, 2.45) is 5.92 Å². The molecule has 2 aromatic rings. The summed E-state index contributed by atoms with van der Waals surface area (Å²) in [6.45, 7) is 3.37. The maximum Gasteiger partial charge on any atom is 0.215 e. The number of aromatic nitrogens is 1. The Hall–Kier alpha value is -1.76. The lowest BCUT2D eigenvalue weighted by Gasteiger charge is -2.32. The van der Waals surface area contributed by atoms with Crippen molar-refractivity contribution in [3.63, 3.8) is 0 Å². The van der Waals surface area contributed by atoms with E-state index in [1.165, 1.54) is 5.56 Å². The highest BCUT2D eigenvalue weighted by molar-refractivity contribution is 7.88. The molecule has 6 heteroatoms. The molecule has 1 N–H and O–H groups in total. The highest BCUT2D eigenvalue weighted by atomic mass is 32.2. The Kier molecular flexibility index (Phi) is 6.18. The first-order valence-corrected chi connectivity index (χ1v) is 10.4. The predicted molar refractivity (Wildman–Crippen MR) is 99.3 cm³/mol. The van der Waals surface area contributed by atoms with Crippen molar-refractivity contribution in [3.05, 3.63) is 66.0 Å². The lowest BCUT2D eigenvalue weighted by molar-refractivity contribution is 0.168. The zero-order valence-corrected chi connectivity index (χ0v) is 15.2. The molecule has 1 aliphatic heterocycles. The molecular weight excluding hydrogens is 334 g/mol. The number of nitrogens with one attached hydrogen (secondary N) is 1. The normalized spacial score (nSPS) is 19.0. The molecule has 0 unspecified atom stereocenters. The first-order chi connectivity index (χ1) is 12.1. The van der Waals surface area contributed by atoms with Gasteiger partial charge in [-0.05, 0) is 42.5 Å². The number of nitrogens with zero attached hydrogens (tertiary/aromatic N) is 2. The largest absolute Gasteiger partial charge is 0.299 e. The van der Waals surface area contributed by atoms with Crippen LogP contribution >= 0.6 is 0 Å². The average molecular weight is 359 g/mol. The van der Waals surface area contributed by atoms with Crippen molar-refractivity contribution in [1.29, 1.82) is 0 Å². The van der Waals surface area contributed by atoms with Gasteiger partial charge < -0.3 is 0 Å². The van der Waals surface area contributed by atoms with Crippen LogP contribution in [-0.4, -0.2) is 37.9 Å². The third-order valence-corrected chi connectivity index (χ3v) is 5.84. The first-order valence-electron chi connectivity index (χ1n) is 8.73. The zero-order chi connectivity index (χ0) is 17.5. The third kappa shape index (κ3) is 5.92. The predicted octanol–water partition coefficient (Wildman–Crippen LogP) is 2.41. The van der Waals surface area contributed by atoms with Gasteiger partial charge >= 0.3 is 0 Å². The van der Waals surface area contributed by atoms with E-state index < -0.39 is 10.0 Å². The van der Waals surface area contributed by atoms with Crippen molar-refractivity contribution in [1.82, 2.24) is 14.6 Å². The summed E-state index contributed by atoms with van der Waals surface area (Å²) >= 11 is 0. The fourth-order valence-corrected chi connectivity index (χ4v) is 4.52. The summed E-state index contributed by atoms with van der Waals surface area (Å²) in [6.07, 6.45) is 5.85. The van der Waals surface area contributed by atoms with Crippen LogP contribution in [0.25, 0.3) is 0 Å². The van der Waals surface area contributed by atoms with Gasteiger partial charge in [0, 0.05) is 32.0 Å². The number of piperidine rings is 1. The first kappa shape index (κ1) is 18.0. The number of benzene rings is 1. The lowest BCUT2D eigenvalue weighted by Crippen LogP contribution is -2.40. The van der Waals surface area contributed by atoms with Gasteiger partial charge in [-0.2, -0.15) is 0 Å². The van der Waals surface area contributed by atoms with E-state index >= 15 is 0 Å². The fourth-order valence-electron chi connectivity index (χ4n) is 3.30. The molecule has 134 valence electrons. The maximum absolute atomic E-state index is 12.3. The molecule has 1 fully saturated rings. The van der Waals surface area contributed by atoms with E-state index in [1.54, 1.807) is 6.20 Å². The summed E-state index contributed by atoms with van der Waals surface area (Å²) in [5.74, 6) is 0.399. The van der Waals surface area contributed by atoms with Gasteiger partial charge in [-0.3, -0.25) is 9.88 Å². The van der Waals surface area contributed by atoms with Crippen LogP contribution in [0.3, 0.4) is 0 Å². The van der Waals surface area contributed by atoms with Crippen molar-refractivity contribution in [3.8, 4) is 0 Å². The van der Waals surface area contributed by atoms with Gasteiger partial charge in [0.25, 0.3) is 0 Å². The maximum atomic E-state index is 12.3. The zero-order valence-electron chi connectivity index (χ0n) is 14.3. The van der Waals surface area contributed by atoms with E-state index in [2.05, 4.69) is 20.7 Å². The van der Waals surface area contributed by atoms with E-state index in [1.807, 2.05) is 42.6 Å². The Labute approximate surface area is 150 Å². The fraction of sp³-hybridized carbons (Fsp3) is 0.421. The Morgan fingerprint density at radius 2 is 1.92 bits per heavy atom. The monoisotopic (exact) mass is 359 g/mol. The topological polar surface area (TPSA) is 62.3 Å². The van der Waals surface area contributed by atoms with E-state index in [4.69, 9.17) is 0 Å². The third-order valence-electron chi connectivity index (χ3n) is 4.52. The summed E-state index contributed by atoms with van der Waals surface area (Å²) in [4.78, 5) is 6.54. The number of pyridine rings is 1. The van der Waals surface area contributed by atoms with Gasteiger partial charge in [0.1, 0.15) is 0 Å². The average Bonchev–Trinajstić information content (AvgIpc) is 2.62. The van der Waals surface area contributed by atoms with E-state index in [0.717, 1.165) is 38.0 Å². The number of rotatable bonds is 7. The molecule has 1 saturated heterocycles. The van der Waals surface area contributed by atoms with Crippen LogP contribution in [0.2, 0.25) is 0 Å². The Morgan fingerprint density at radius 3 is 2.68 bits per heavy atom. The van der Waals surface area contributed by atoms with Crippen LogP contribution in [-0.2, 0) is 22.3 Å². The number of sulfonamides is 1. The highest BCUT2D eigenvalue weighted by Crippen LogP contribution is 2.18. The van der Waals surface area contributed by atoms with Crippen LogP contribution in [0, 0.1) is 5.92 Å². The van der Waals surface area contributed by atoms with Gasteiger partial charge in [-0.15, -0.1) is 0 Å². The van der Waals surface area contributed by atoms with Gasteiger partial charge in [0.15, 0.2) is 0 Å². The molecule has 0 bridgehead atoms. The Morgan fingerprint density at radius 1 is 1.12 bits per heavy atom. The van der Waals surface area contributed by atoms with E-state index in [-0.39, 0.29) is 5.75 Å². The number of likely N-dealkylation sites (tertiary alicyclic amines) is 1. The molecule has 0 amide bonds. The van der Waals surface area contributed by atoms with Crippen LogP contribution in [0.1, 0.15) is 24.0 Å². The quantitative estimate of drug-likeness (QED) is 0.825. The second kappa shape index (κ2) is 8.56. The molecule has 0 spiro atoms. The summed E-state index contributed by atoms with van der Waals surface area (Å²) in [5, 5.41) is 0. The van der Waals surface area contributed by atoms with Gasteiger partial charge in [-0.25, -0.2) is 13.1 Å². The van der Waals surface area contributed by atoms with Crippen LogP contribution < -0.4 is 4.72 Å². The molecule has 1 aliphatic rings. The summed E-state index contributed by atoms with van der Waals surface area (Å²) in [5.41, 5.74) is 2.02. The van der Waals surface area contributed by atoms with Crippen LogP contribution in [0.4, 0.5) is 0 Å². The molecule has 1 atom stereocenters. The van der Waals surface area contributed by atoms with Crippen molar-refractivity contribution in [2.75, 3.05) is 19.6 Å². The smallest absolute Gasteiger partial charge is 0.215 e. The van der Waals surface area contributed by atoms with Crippen molar-refractivity contribution < 1.29 is 8.42 Å². The van der Waals surface area contributed by atoms with Gasteiger partial charge in [-0.1, -0.05) is 36.4 Å². The lowest BCUT2D eigenvalue weighted by atomic mass is 9.98. The standard InChI is InChI=1S/C19H25N3O2S/c23-25(24,16-17-6-2-1-3-7-17)21-13-19-9-5-11-22(15-19)14-18-8-4-10-20-12-18/h1-4,6-8,10,12,19,21H,5,9,11,13-16H2/t19-/m0/s1. The Bertz CT molecular complexity index is 751. The molecule has 0 aliphatic carbocycles. The number of hydrogen-bond donors (Lipinski definition) is 1. The van der Waals surface area contributed by atoms with Gasteiger partial charge in [0.05, 0.1) is 5.75 Å². The highest BCUT2D eigenvalue weighted by Gasteiger charge is 2.22. The minimum atomic E-state index is -3.29. The summed E-state index contributed by atoms with van der Waals surface area (Å²) in [6, 6.07) is 13.3. The van der Waals surface area contributed by atoms with Gasteiger partial charge in [0.2, 0.25) is 10.0 Å². The van der Waals surface area contributed by atoms with E-state index in [0.29, 0.717) is 12.5 Å². The van der Waals surface area contributed by atoms with Crippen LogP contribution in [0.15, 0.2) is 54.9 Å². The molecule has 0 saturated carbocycles. The molecular formula is C19H25N3O2S. The molecule has 2 heterocycles. The van der Waals surface area contributed by atoms with Crippen molar-refractivity contribution >= 4 is 10.0 Å². The molecule has 1 aromatic carbocycles. The molecule has 5 nitrogen and oxygen atoms in total. The minimum absolute atomic E-state index is 0.0416. The molecule has 25 heavy (non-hydrogen) atoms. The Balaban J connectivity index is 1.49. The molecule has 1 aromatic heterocycles. The number of hydrogen-bond acceptors (Lipinski definition) is 4. The summed E-state index contributed by atoms with van der Waals surface area (Å²) < 4.78 is 27.4. The second-order valence-corrected chi connectivity index (χ2v) is 8.50. The molecule has 0 radical (unpaired) electrons. The van der Waals surface area contributed by atoms with E-state index in [9.17, 15) is 8.42 Å².